The lowest BCUT2D eigenvalue weighted by molar-refractivity contribution is 0.263. The monoisotopic (exact) mass is 206 g/mol. The third-order valence-corrected chi connectivity index (χ3v) is 1.73. The van der Waals surface area contributed by atoms with Gasteiger partial charge in [-0.05, 0) is 26.6 Å². The van der Waals surface area contributed by atoms with Gasteiger partial charge in [0.25, 0.3) is 0 Å². The quantitative estimate of drug-likeness (QED) is 0.663. The van der Waals surface area contributed by atoms with Crippen molar-refractivity contribution in [2.45, 2.75) is 6.42 Å². The Kier molecular flexibility index (Phi) is 4.51. The SMILES string of the molecule is CN(C)CCCOc1nccc(C#N)n1. The molecule has 0 N–H and O–H groups in total. The molecule has 0 amide bonds. The molecule has 0 aliphatic heterocycles. The van der Waals surface area contributed by atoms with Crippen LogP contribution in [0.15, 0.2) is 12.3 Å². The molecular weight excluding hydrogens is 192 g/mol. The smallest absolute Gasteiger partial charge is 0.317 e. The van der Waals surface area contributed by atoms with Crippen LogP contribution in [0.5, 0.6) is 6.01 Å². The van der Waals surface area contributed by atoms with E-state index in [4.69, 9.17) is 10.00 Å². The Morgan fingerprint density at radius 3 is 3.00 bits per heavy atom. The standard InChI is InChI=1S/C10H14N4O/c1-14(2)6-3-7-15-10-12-5-4-9(8-11)13-10/h4-5H,3,6-7H2,1-2H3. The van der Waals surface area contributed by atoms with Gasteiger partial charge in [0.2, 0.25) is 0 Å². The van der Waals surface area contributed by atoms with Crippen LogP contribution in [0.2, 0.25) is 0 Å². The van der Waals surface area contributed by atoms with Crippen molar-refractivity contribution in [2.24, 2.45) is 0 Å². The lowest BCUT2D eigenvalue weighted by Crippen LogP contribution is -2.16. The minimum Gasteiger partial charge on any atom is -0.463 e. The molecule has 1 aromatic heterocycles. The van der Waals surface area contributed by atoms with E-state index in [-0.39, 0.29) is 6.01 Å². The number of nitriles is 1. The van der Waals surface area contributed by atoms with Crippen LogP contribution < -0.4 is 4.74 Å². The van der Waals surface area contributed by atoms with Gasteiger partial charge in [-0.2, -0.15) is 10.2 Å². The second-order valence-corrected chi connectivity index (χ2v) is 3.34. The van der Waals surface area contributed by atoms with Gasteiger partial charge < -0.3 is 9.64 Å². The highest BCUT2D eigenvalue weighted by Gasteiger charge is 1.99. The van der Waals surface area contributed by atoms with Gasteiger partial charge in [0.1, 0.15) is 11.8 Å². The molecule has 5 heteroatoms. The van der Waals surface area contributed by atoms with Gasteiger partial charge >= 0.3 is 6.01 Å². The Hall–Kier alpha value is -1.67. The zero-order chi connectivity index (χ0) is 11.1. The molecule has 0 spiro atoms. The van der Waals surface area contributed by atoms with Crippen LogP contribution in [0.1, 0.15) is 12.1 Å². The summed E-state index contributed by atoms with van der Waals surface area (Å²) in [7, 11) is 4.01. The molecule has 1 rings (SSSR count). The molecule has 0 bridgehead atoms. The Bertz CT molecular complexity index is 346. The average Bonchev–Trinajstić information content (AvgIpc) is 2.24. The molecule has 1 aromatic rings. The second-order valence-electron chi connectivity index (χ2n) is 3.34. The first-order valence-corrected chi connectivity index (χ1v) is 4.73. The van der Waals surface area contributed by atoms with Crippen molar-refractivity contribution in [2.75, 3.05) is 27.2 Å². The summed E-state index contributed by atoms with van der Waals surface area (Å²) in [5.74, 6) is 0. The van der Waals surface area contributed by atoms with Crippen LogP contribution in [0, 0.1) is 11.3 Å². The van der Waals surface area contributed by atoms with Gasteiger partial charge in [0, 0.05) is 12.7 Å². The molecule has 0 saturated heterocycles. The maximum absolute atomic E-state index is 8.60. The third-order valence-electron chi connectivity index (χ3n) is 1.73. The normalized spacial score (nSPS) is 10.0. The molecule has 80 valence electrons. The third kappa shape index (κ3) is 4.38. The Labute approximate surface area is 89.3 Å². The van der Waals surface area contributed by atoms with Gasteiger partial charge in [-0.1, -0.05) is 0 Å². The number of nitrogens with zero attached hydrogens (tertiary/aromatic N) is 4. The molecule has 0 unspecified atom stereocenters. The molecule has 0 fully saturated rings. The largest absolute Gasteiger partial charge is 0.463 e. The van der Waals surface area contributed by atoms with Crippen molar-refractivity contribution < 1.29 is 4.74 Å². The van der Waals surface area contributed by atoms with Gasteiger partial charge in [-0.25, -0.2) is 4.98 Å². The first-order chi connectivity index (χ1) is 7.22. The van der Waals surface area contributed by atoms with Gasteiger partial charge in [0.05, 0.1) is 6.61 Å². The topological polar surface area (TPSA) is 62.0 Å². The number of hydrogen-bond donors (Lipinski definition) is 0. The van der Waals surface area contributed by atoms with Crippen LogP contribution in [0.25, 0.3) is 0 Å². The molecule has 0 saturated carbocycles. The minimum absolute atomic E-state index is 0.271. The van der Waals surface area contributed by atoms with Gasteiger partial charge in [-0.15, -0.1) is 0 Å². The molecule has 15 heavy (non-hydrogen) atoms. The number of ether oxygens (including phenoxy) is 1. The highest BCUT2D eigenvalue weighted by atomic mass is 16.5. The van der Waals surface area contributed by atoms with E-state index >= 15 is 0 Å². The van der Waals surface area contributed by atoms with E-state index in [0.717, 1.165) is 13.0 Å². The zero-order valence-electron chi connectivity index (χ0n) is 8.97. The van der Waals surface area contributed by atoms with Crippen molar-refractivity contribution >= 4 is 0 Å². The predicted molar refractivity (Wildman–Crippen MR) is 55.4 cm³/mol. The fraction of sp³-hybridized carbons (Fsp3) is 0.500. The average molecular weight is 206 g/mol. The summed E-state index contributed by atoms with van der Waals surface area (Å²) in [5, 5.41) is 8.60. The predicted octanol–water partition coefficient (Wildman–Crippen LogP) is 0.679. The molecule has 0 aliphatic rings. The van der Waals surface area contributed by atoms with E-state index in [1.54, 1.807) is 6.07 Å². The molecule has 5 nitrogen and oxygen atoms in total. The second kappa shape index (κ2) is 5.94. The minimum atomic E-state index is 0.271. The molecular formula is C10H14N4O. The van der Waals surface area contributed by atoms with E-state index in [1.807, 2.05) is 20.2 Å². The maximum Gasteiger partial charge on any atom is 0.317 e. The van der Waals surface area contributed by atoms with Crippen molar-refractivity contribution in [1.29, 1.82) is 5.26 Å². The lowest BCUT2D eigenvalue weighted by atomic mass is 10.4. The van der Waals surface area contributed by atoms with Gasteiger partial charge in [0.15, 0.2) is 0 Å². The number of hydrogen-bond acceptors (Lipinski definition) is 5. The van der Waals surface area contributed by atoms with Crippen LogP contribution in [0.4, 0.5) is 0 Å². The first-order valence-electron chi connectivity index (χ1n) is 4.73. The molecule has 0 aromatic carbocycles. The summed E-state index contributed by atoms with van der Waals surface area (Å²) in [5.41, 5.74) is 0.326. The van der Waals surface area contributed by atoms with E-state index in [2.05, 4.69) is 14.9 Å². The first kappa shape index (κ1) is 11.4. The van der Waals surface area contributed by atoms with Crippen LogP contribution in [-0.2, 0) is 0 Å². The molecule has 1 heterocycles. The van der Waals surface area contributed by atoms with E-state index in [9.17, 15) is 0 Å². The van der Waals surface area contributed by atoms with Crippen molar-refractivity contribution in [3.8, 4) is 12.1 Å². The number of aromatic nitrogens is 2. The van der Waals surface area contributed by atoms with Crippen molar-refractivity contribution in [1.82, 2.24) is 14.9 Å². The molecule has 0 aliphatic carbocycles. The lowest BCUT2D eigenvalue weighted by Gasteiger charge is -2.09. The van der Waals surface area contributed by atoms with Crippen LogP contribution >= 0.6 is 0 Å². The fourth-order valence-electron chi connectivity index (χ4n) is 1.02. The Balaban J connectivity index is 2.35. The summed E-state index contributed by atoms with van der Waals surface area (Å²) < 4.78 is 5.30. The Morgan fingerprint density at radius 2 is 2.33 bits per heavy atom. The summed E-state index contributed by atoms with van der Waals surface area (Å²) in [6.07, 6.45) is 2.43. The fourth-order valence-corrected chi connectivity index (χ4v) is 1.02. The van der Waals surface area contributed by atoms with Crippen molar-refractivity contribution in [3.63, 3.8) is 0 Å². The highest BCUT2D eigenvalue weighted by Crippen LogP contribution is 2.02. The van der Waals surface area contributed by atoms with Crippen LogP contribution in [-0.4, -0.2) is 42.1 Å². The van der Waals surface area contributed by atoms with E-state index in [0.29, 0.717) is 12.3 Å². The summed E-state index contributed by atoms with van der Waals surface area (Å²) in [6, 6.07) is 3.76. The molecule has 0 atom stereocenters. The summed E-state index contributed by atoms with van der Waals surface area (Å²) in [6.45, 7) is 1.52. The van der Waals surface area contributed by atoms with Gasteiger partial charge in [-0.3, -0.25) is 0 Å². The zero-order valence-corrected chi connectivity index (χ0v) is 8.97. The molecule has 0 radical (unpaired) electrons. The summed E-state index contributed by atoms with van der Waals surface area (Å²) in [4.78, 5) is 9.89. The van der Waals surface area contributed by atoms with Crippen LogP contribution in [0.3, 0.4) is 0 Å². The number of rotatable bonds is 5. The highest BCUT2D eigenvalue weighted by molar-refractivity contribution is 5.19. The van der Waals surface area contributed by atoms with E-state index in [1.165, 1.54) is 6.20 Å². The summed E-state index contributed by atoms with van der Waals surface area (Å²) >= 11 is 0. The van der Waals surface area contributed by atoms with E-state index < -0.39 is 0 Å². The Morgan fingerprint density at radius 1 is 1.53 bits per heavy atom. The maximum atomic E-state index is 8.60. The van der Waals surface area contributed by atoms with Crippen molar-refractivity contribution in [3.05, 3.63) is 18.0 Å².